The molecule has 1 N–H and O–H groups in total. The van der Waals surface area contributed by atoms with Gasteiger partial charge in [-0.2, -0.15) is 0 Å². The summed E-state index contributed by atoms with van der Waals surface area (Å²) >= 11 is 0. The Balaban J connectivity index is 2.13. The van der Waals surface area contributed by atoms with Gasteiger partial charge in [0.25, 0.3) is 5.91 Å². The van der Waals surface area contributed by atoms with E-state index in [0.29, 0.717) is 12.3 Å². The second-order valence-electron chi connectivity index (χ2n) is 4.78. The number of benzene rings is 1. The molecule has 0 bridgehead atoms. The zero-order chi connectivity index (χ0) is 15.4. The van der Waals surface area contributed by atoms with Crippen LogP contribution in [0.2, 0.25) is 0 Å². The molecule has 110 valence electrons. The van der Waals surface area contributed by atoms with Crippen molar-refractivity contribution in [3.63, 3.8) is 0 Å². The minimum absolute atomic E-state index is 0.176. The lowest BCUT2D eigenvalue weighted by molar-refractivity contribution is 0.0947. The minimum atomic E-state index is -0.478. The number of hydrogen-bond donors (Lipinski definition) is 1. The summed E-state index contributed by atoms with van der Waals surface area (Å²) in [4.78, 5) is 16.4. The standard InChI is InChI=1S/C16H17FN2O2/c1-10-6-11(2)18-8-12(10)9-19-16(20)14-7-13(17)4-5-15(14)21-3/h4-8H,9H2,1-3H3,(H,19,20). The van der Waals surface area contributed by atoms with Crippen molar-refractivity contribution in [3.8, 4) is 5.75 Å². The normalized spacial score (nSPS) is 10.3. The Morgan fingerprint density at radius 3 is 2.76 bits per heavy atom. The Kier molecular flexibility index (Phi) is 4.52. The Morgan fingerprint density at radius 1 is 1.33 bits per heavy atom. The van der Waals surface area contributed by atoms with Crippen LogP contribution in [0.1, 0.15) is 27.2 Å². The number of aromatic nitrogens is 1. The van der Waals surface area contributed by atoms with E-state index in [4.69, 9.17) is 4.74 Å². The first kappa shape index (κ1) is 15.0. The van der Waals surface area contributed by atoms with Crippen LogP contribution in [0.3, 0.4) is 0 Å². The van der Waals surface area contributed by atoms with Crippen molar-refractivity contribution in [1.29, 1.82) is 0 Å². The van der Waals surface area contributed by atoms with E-state index < -0.39 is 5.82 Å². The number of pyridine rings is 1. The SMILES string of the molecule is COc1ccc(F)cc1C(=O)NCc1cnc(C)cc1C. The molecule has 1 heterocycles. The molecule has 2 aromatic rings. The molecule has 0 saturated heterocycles. The summed E-state index contributed by atoms with van der Waals surface area (Å²) in [5.74, 6) is -0.520. The quantitative estimate of drug-likeness (QED) is 0.941. The van der Waals surface area contributed by atoms with Crippen LogP contribution in [0.25, 0.3) is 0 Å². The molecular weight excluding hydrogens is 271 g/mol. The van der Waals surface area contributed by atoms with Crippen LogP contribution >= 0.6 is 0 Å². The third-order valence-electron chi connectivity index (χ3n) is 3.20. The third-order valence-corrected chi connectivity index (χ3v) is 3.20. The first-order valence-corrected chi connectivity index (χ1v) is 6.55. The van der Waals surface area contributed by atoms with Gasteiger partial charge in [-0.1, -0.05) is 0 Å². The molecule has 2 rings (SSSR count). The fourth-order valence-corrected chi connectivity index (χ4v) is 2.04. The maximum atomic E-state index is 13.3. The number of hydrogen-bond acceptors (Lipinski definition) is 3. The highest BCUT2D eigenvalue weighted by atomic mass is 19.1. The lowest BCUT2D eigenvalue weighted by Crippen LogP contribution is -2.24. The molecule has 0 spiro atoms. The molecule has 21 heavy (non-hydrogen) atoms. The van der Waals surface area contributed by atoms with E-state index in [2.05, 4.69) is 10.3 Å². The van der Waals surface area contributed by atoms with Crippen LogP contribution in [0.4, 0.5) is 4.39 Å². The van der Waals surface area contributed by atoms with Gasteiger partial charge >= 0.3 is 0 Å². The van der Waals surface area contributed by atoms with Crippen molar-refractivity contribution >= 4 is 5.91 Å². The Bertz CT molecular complexity index is 671. The largest absolute Gasteiger partial charge is 0.496 e. The van der Waals surface area contributed by atoms with E-state index in [-0.39, 0.29) is 11.5 Å². The van der Waals surface area contributed by atoms with Crippen molar-refractivity contribution in [2.75, 3.05) is 7.11 Å². The van der Waals surface area contributed by atoms with Gasteiger partial charge in [-0.3, -0.25) is 9.78 Å². The first-order chi connectivity index (χ1) is 10.0. The van der Waals surface area contributed by atoms with Crippen molar-refractivity contribution in [3.05, 3.63) is 58.7 Å². The molecule has 1 amide bonds. The zero-order valence-electron chi connectivity index (χ0n) is 12.2. The van der Waals surface area contributed by atoms with Gasteiger partial charge in [-0.05, 0) is 49.2 Å². The fraction of sp³-hybridized carbons (Fsp3) is 0.250. The number of rotatable bonds is 4. The van der Waals surface area contributed by atoms with Gasteiger partial charge in [0, 0.05) is 18.4 Å². The highest BCUT2D eigenvalue weighted by Gasteiger charge is 2.13. The average Bonchev–Trinajstić information content (AvgIpc) is 2.46. The molecule has 0 aliphatic heterocycles. The first-order valence-electron chi connectivity index (χ1n) is 6.55. The molecule has 0 aliphatic carbocycles. The van der Waals surface area contributed by atoms with Gasteiger partial charge in [-0.25, -0.2) is 4.39 Å². The average molecular weight is 288 g/mol. The lowest BCUT2D eigenvalue weighted by atomic mass is 10.1. The topological polar surface area (TPSA) is 51.2 Å². The molecule has 0 atom stereocenters. The van der Waals surface area contributed by atoms with E-state index >= 15 is 0 Å². The van der Waals surface area contributed by atoms with Crippen LogP contribution in [0.5, 0.6) is 5.75 Å². The summed E-state index contributed by atoms with van der Waals surface area (Å²) in [6.45, 7) is 4.20. The van der Waals surface area contributed by atoms with Crippen LogP contribution in [-0.4, -0.2) is 18.0 Å². The van der Waals surface area contributed by atoms with Crippen LogP contribution in [0.15, 0.2) is 30.5 Å². The van der Waals surface area contributed by atoms with E-state index in [1.54, 1.807) is 6.20 Å². The van der Waals surface area contributed by atoms with Crippen LogP contribution < -0.4 is 10.1 Å². The molecule has 0 fully saturated rings. The van der Waals surface area contributed by atoms with Crippen molar-refractivity contribution in [2.24, 2.45) is 0 Å². The van der Waals surface area contributed by atoms with Crippen LogP contribution in [0, 0.1) is 19.7 Å². The zero-order valence-corrected chi connectivity index (χ0v) is 12.2. The molecule has 0 unspecified atom stereocenters. The molecule has 0 radical (unpaired) electrons. The Morgan fingerprint density at radius 2 is 2.10 bits per heavy atom. The number of carbonyl (C=O) groups excluding carboxylic acids is 1. The van der Waals surface area contributed by atoms with Gasteiger partial charge in [-0.15, -0.1) is 0 Å². The van der Waals surface area contributed by atoms with Gasteiger partial charge in [0.15, 0.2) is 0 Å². The van der Waals surface area contributed by atoms with Gasteiger partial charge < -0.3 is 10.1 Å². The fourth-order valence-electron chi connectivity index (χ4n) is 2.04. The van der Waals surface area contributed by atoms with E-state index in [1.165, 1.54) is 19.2 Å². The van der Waals surface area contributed by atoms with Crippen molar-refractivity contribution < 1.29 is 13.9 Å². The molecule has 1 aromatic carbocycles. The highest BCUT2D eigenvalue weighted by molar-refractivity contribution is 5.96. The van der Waals surface area contributed by atoms with Crippen LogP contribution in [-0.2, 0) is 6.54 Å². The molecule has 0 saturated carbocycles. The number of carbonyl (C=O) groups is 1. The van der Waals surface area contributed by atoms with Gasteiger partial charge in [0.1, 0.15) is 11.6 Å². The number of methoxy groups -OCH3 is 1. The smallest absolute Gasteiger partial charge is 0.255 e. The molecule has 1 aromatic heterocycles. The molecule has 0 aliphatic rings. The molecule has 4 nitrogen and oxygen atoms in total. The van der Waals surface area contributed by atoms with E-state index in [0.717, 1.165) is 22.9 Å². The summed E-state index contributed by atoms with van der Waals surface area (Å²) in [5, 5.41) is 2.75. The summed E-state index contributed by atoms with van der Waals surface area (Å²) in [7, 11) is 1.44. The summed E-state index contributed by atoms with van der Waals surface area (Å²) in [5.41, 5.74) is 3.07. The minimum Gasteiger partial charge on any atom is -0.496 e. The Hall–Kier alpha value is -2.43. The van der Waals surface area contributed by atoms with E-state index in [1.807, 2.05) is 19.9 Å². The number of ether oxygens (including phenoxy) is 1. The predicted octanol–water partition coefficient (Wildman–Crippen LogP) is 2.78. The van der Waals surface area contributed by atoms with Crippen molar-refractivity contribution in [1.82, 2.24) is 10.3 Å². The number of halogens is 1. The monoisotopic (exact) mass is 288 g/mol. The number of amides is 1. The molecule has 5 heteroatoms. The Labute approximate surface area is 123 Å². The second kappa shape index (κ2) is 6.35. The lowest BCUT2D eigenvalue weighted by Gasteiger charge is -2.11. The number of nitrogens with one attached hydrogen (secondary N) is 1. The maximum Gasteiger partial charge on any atom is 0.255 e. The molecular formula is C16H17FN2O2. The number of aryl methyl sites for hydroxylation is 2. The summed E-state index contributed by atoms with van der Waals surface area (Å²) in [6, 6.07) is 5.80. The predicted molar refractivity (Wildman–Crippen MR) is 77.8 cm³/mol. The number of nitrogens with zero attached hydrogens (tertiary/aromatic N) is 1. The maximum absolute atomic E-state index is 13.3. The summed E-state index contributed by atoms with van der Waals surface area (Å²) in [6.07, 6.45) is 1.73. The van der Waals surface area contributed by atoms with Crippen molar-refractivity contribution in [2.45, 2.75) is 20.4 Å². The van der Waals surface area contributed by atoms with Gasteiger partial charge in [0.2, 0.25) is 0 Å². The van der Waals surface area contributed by atoms with E-state index in [9.17, 15) is 9.18 Å². The third kappa shape index (κ3) is 3.56. The second-order valence-corrected chi connectivity index (χ2v) is 4.78. The summed E-state index contributed by atoms with van der Waals surface area (Å²) < 4.78 is 18.3. The van der Waals surface area contributed by atoms with Gasteiger partial charge in [0.05, 0.1) is 12.7 Å². The highest BCUT2D eigenvalue weighted by Crippen LogP contribution is 2.19.